The number of pyridine rings is 1. The first-order valence-electron chi connectivity index (χ1n) is 10.2. The summed E-state index contributed by atoms with van der Waals surface area (Å²) in [5, 5.41) is 10.0. The molecule has 30 heavy (non-hydrogen) atoms. The minimum Gasteiger partial charge on any atom is -0.490 e. The molecular formula is C22H26N4O4. The largest absolute Gasteiger partial charge is 0.490 e. The lowest BCUT2D eigenvalue weighted by Crippen LogP contribution is -2.39. The Morgan fingerprint density at radius 1 is 1.23 bits per heavy atom. The third kappa shape index (κ3) is 4.29. The van der Waals surface area contributed by atoms with Crippen LogP contribution < -0.4 is 16.0 Å². The van der Waals surface area contributed by atoms with E-state index in [-0.39, 0.29) is 30.5 Å². The van der Waals surface area contributed by atoms with Gasteiger partial charge in [-0.1, -0.05) is 12.1 Å². The molecule has 2 aromatic heterocycles. The number of hydrogen-bond acceptors (Lipinski definition) is 6. The number of aliphatic hydroxyl groups excluding tert-OH is 1. The summed E-state index contributed by atoms with van der Waals surface area (Å²) in [4.78, 5) is 33.2. The quantitative estimate of drug-likeness (QED) is 0.640. The Balaban J connectivity index is 1.47. The van der Waals surface area contributed by atoms with Crippen molar-refractivity contribution in [3.05, 3.63) is 68.6 Å². The van der Waals surface area contributed by atoms with Gasteiger partial charge in [0.2, 0.25) is 0 Å². The lowest BCUT2D eigenvalue weighted by atomic mass is 10.0. The van der Waals surface area contributed by atoms with E-state index < -0.39 is 0 Å². The summed E-state index contributed by atoms with van der Waals surface area (Å²) in [5.74, 6) is 0.731. The Hall–Kier alpha value is -2.97. The molecule has 0 amide bonds. The molecule has 0 aliphatic carbocycles. The average Bonchev–Trinajstić information content (AvgIpc) is 2.75. The van der Waals surface area contributed by atoms with Gasteiger partial charge in [-0.15, -0.1) is 0 Å². The fourth-order valence-corrected chi connectivity index (χ4v) is 3.99. The fourth-order valence-electron chi connectivity index (χ4n) is 3.99. The molecule has 3 aromatic rings. The number of ether oxygens (including phenoxy) is 1. The normalized spacial score (nSPS) is 15.5. The number of aromatic nitrogens is 3. The first-order chi connectivity index (χ1) is 14.5. The predicted molar refractivity (Wildman–Crippen MR) is 114 cm³/mol. The second-order valence-corrected chi connectivity index (χ2v) is 7.69. The number of para-hydroxylation sites is 1. The molecule has 1 aliphatic heterocycles. The SMILES string of the molecule is Cc1cn(C2CCN(Cc3cc(OCCO)c4ccccc4n3)CC2)c(=O)[nH]c1=O. The van der Waals surface area contributed by atoms with E-state index in [1.807, 2.05) is 30.3 Å². The zero-order valence-corrected chi connectivity index (χ0v) is 17.0. The number of aryl methyl sites for hydroxylation is 1. The van der Waals surface area contributed by atoms with E-state index in [1.54, 1.807) is 17.7 Å². The van der Waals surface area contributed by atoms with Crippen molar-refractivity contribution < 1.29 is 9.84 Å². The molecule has 0 radical (unpaired) electrons. The van der Waals surface area contributed by atoms with Gasteiger partial charge in [0.25, 0.3) is 5.56 Å². The highest BCUT2D eigenvalue weighted by molar-refractivity contribution is 5.85. The van der Waals surface area contributed by atoms with Crippen LogP contribution in [0.4, 0.5) is 0 Å². The third-order valence-electron chi connectivity index (χ3n) is 5.56. The van der Waals surface area contributed by atoms with Crippen molar-refractivity contribution in [2.45, 2.75) is 32.4 Å². The number of likely N-dealkylation sites (tertiary alicyclic amines) is 1. The molecule has 4 rings (SSSR count). The second-order valence-electron chi connectivity index (χ2n) is 7.69. The van der Waals surface area contributed by atoms with Gasteiger partial charge in [0.05, 0.1) is 17.8 Å². The van der Waals surface area contributed by atoms with Crippen LogP contribution in [0.25, 0.3) is 10.9 Å². The molecule has 0 unspecified atom stereocenters. The number of piperidine rings is 1. The third-order valence-corrected chi connectivity index (χ3v) is 5.56. The smallest absolute Gasteiger partial charge is 0.328 e. The van der Waals surface area contributed by atoms with E-state index in [0.717, 1.165) is 48.3 Å². The maximum absolute atomic E-state index is 12.2. The summed E-state index contributed by atoms with van der Waals surface area (Å²) < 4.78 is 7.39. The number of benzene rings is 1. The van der Waals surface area contributed by atoms with Crippen molar-refractivity contribution in [1.29, 1.82) is 0 Å². The van der Waals surface area contributed by atoms with Crippen LogP contribution >= 0.6 is 0 Å². The van der Waals surface area contributed by atoms with Crippen molar-refractivity contribution in [1.82, 2.24) is 19.4 Å². The molecule has 1 aliphatic rings. The summed E-state index contributed by atoms with van der Waals surface area (Å²) in [6, 6.07) is 9.85. The highest BCUT2D eigenvalue weighted by Gasteiger charge is 2.22. The number of nitrogens with zero attached hydrogens (tertiary/aromatic N) is 3. The van der Waals surface area contributed by atoms with Crippen LogP contribution in [0.1, 0.15) is 30.1 Å². The van der Waals surface area contributed by atoms with Crippen LogP contribution in [0.15, 0.2) is 46.1 Å². The molecule has 1 aromatic carbocycles. The molecule has 0 spiro atoms. The Morgan fingerprint density at radius 2 is 2.00 bits per heavy atom. The molecule has 1 saturated heterocycles. The van der Waals surface area contributed by atoms with Crippen LogP contribution in [0, 0.1) is 6.92 Å². The number of nitrogens with one attached hydrogen (secondary N) is 1. The lowest BCUT2D eigenvalue weighted by molar-refractivity contribution is 0.174. The summed E-state index contributed by atoms with van der Waals surface area (Å²) in [7, 11) is 0. The molecule has 0 bridgehead atoms. The van der Waals surface area contributed by atoms with E-state index in [2.05, 4.69) is 9.88 Å². The molecule has 8 heteroatoms. The maximum Gasteiger partial charge on any atom is 0.328 e. The van der Waals surface area contributed by atoms with Gasteiger partial charge in [-0.05, 0) is 31.9 Å². The first-order valence-corrected chi connectivity index (χ1v) is 10.2. The highest BCUT2D eigenvalue weighted by atomic mass is 16.5. The van der Waals surface area contributed by atoms with Gasteiger partial charge in [0.15, 0.2) is 0 Å². The Labute approximate surface area is 173 Å². The van der Waals surface area contributed by atoms with Gasteiger partial charge in [-0.3, -0.25) is 24.2 Å². The van der Waals surface area contributed by atoms with Gasteiger partial charge >= 0.3 is 5.69 Å². The van der Waals surface area contributed by atoms with E-state index in [4.69, 9.17) is 14.8 Å². The second kappa shape index (κ2) is 8.81. The number of hydrogen-bond donors (Lipinski definition) is 2. The predicted octanol–water partition coefficient (Wildman–Crippen LogP) is 1.60. The van der Waals surface area contributed by atoms with Gasteiger partial charge < -0.3 is 9.84 Å². The van der Waals surface area contributed by atoms with E-state index in [0.29, 0.717) is 12.1 Å². The molecule has 1 fully saturated rings. The van der Waals surface area contributed by atoms with Crippen LogP contribution in [0.2, 0.25) is 0 Å². The molecular weight excluding hydrogens is 384 g/mol. The monoisotopic (exact) mass is 410 g/mol. The Morgan fingerprint density at radius 3 is 2.77 bits per heavy atom. The molecule has 8 nitrogen and oxygen atoms in total. The lowest BCUT2D eigenvalue weighted by Gasteiger charge is -2.32. The first kappa shape index (κ1) is 20.3. The van der Waals surface area contributed by atoms with Crippen molar-refractivity contribution in [2.75, 3.05) is 26.3 Å². The zero-order valence-electron chi connectivity index (χ0n) is 17.0. The van der Waals surface area contributed by atoms with E-state index in [1.165, 1.54) is 0 Å². The summed E-state index contributed by atoms with van der Waals surface area (Å²) in [6.07, 6.45) is 3.32. The zero-order chi connectivity index (χ0) is 21.1. The van der Waals surface area contributed by atoms with Crippen molar-refractivity contribution >= 4 is 10.9 Å². The topological polar surface area (TPSA) is 100 Å². The van der Waals surface area contributed by atoms with Crippen molar-refractivity contribution in [3.63, 3.8) is 0 Å². The van der Waals surface area contributed by atoms with Crippen LogP contribution in [0.3, 0.4) is 0 Å². The molecule has 2 N–H and O–H groups in total. The fraction of sp³-hybridized carbons (Fsp3) is 0.409. The number of H-pyrrole nitrogens is 1. The molecule has 0 atom stereocenters. The minimum absolute atomic E-state index is 0.0386. The van der Waals surface area contributed by atoms with Gasteiger partial charge in [0.1, 0.15) is 12.4 Å². The maximum atomic E-state index is 12.2. The standard InChI is InChI=1S/C22H26N4O4/c1-15-13-26(22(29)24-21(15)28)17-6-8-25(9-7-17)14-16-12-20(30-11-10-27)18-4-2-3-5-19(18)23-16/h2-5,12-13,17,27H,6-11,14H2,1H3,(H,24,28,29). The number of rotatable bonds is 6. The van der Waals surface area contributed by atoms with Crippen LogP contribution in [-0.2, 0) is 6.54 Å². The molecule has 0 saturated carbocycles. The van der Waals surface area contributed by atoms with Crippen LogP contribution in [-0.4, -0.2) is 50.8 Å². The molecule has 3 heterocycles. The van der Waals surface area contributed by atoms with Gasteiger partial charge in [0, 0.05) is 48.9 Å². The van der Waals surface area contributed by atoms with Crippen LogP contribution in [0.5, 0.6) is 5.75 Å². The Kier molecular flexibility index (Phi) is 5.96. The van der Waals surface area contributed by atoms with Crippen molar-refractivity contribution in [2.24, 2.45) is 0 Å². The minimum atomic E-state index is -0.342. The number of fused-ring (bicyclic) bond motifs is 1. The summed E-state index contributed by atoms with van der Waals surface area (Å²) >= 11 is 0. The number of aliphatic hydroxyl groups is 1. The van der Waals surface area contributed by atoms with E-state index >= 15 is 0 Å². The molecule has 158 valence electrons. The van der Waals surface area contributed by atoms with E-state index in [9.17, 15) is 9.59 Å². The van der Waals surface area contributed by atoms with Crippen molar-refractivity contribution in [3.8, 4) is 5.75 Å². The average molecular weight is 410 g/mol. The van der Waals surface area contributed by atoms with Gasteiger partial charge in [-0.2, -0.15) is 0 Å². The Bertz CT molecular complexity index is 1150. The summed E-state index contributed by atoms with van der Waals surface area (Å²) in [5.41, 5.74) is 1.67. The number of aromatic amines is 1. The summed E-state index contributed by atoms with van der Waals surface area (Å²) in [6.45, 7) is 4.26. The van der Waals surface area contributed by atoms with Gasteiger partial charge in [-0.25, -0.2) is 4.79 Å². The highest BCUT2D eigenvalue weighted by Crippen LogP contribution is 2.27.